The van der Waals surface area contributed by atoms with Crippen molar-refractivity contribution in [3.63, 3.8) is 0 Å². The summed E-state index contributed by atoms with van der Waals surface area (Å²) in [4.78, 5) is 0. The fourth-order valence-corrected chi connectivity index (χ4v) is 3.96. The van der Waals surface area contributed by atoms with Gasteiger partial charge in [-0.3, -0.25) is 0 Å². The van der Waals surface area contributed by atoms with Crippen molar-refractivity contribution in [2.24, 2.45) is 0 Å². The molecule has 1 aromatic carbocycles. The lowest BCUT2D eigenvalue weighted by Crippen LogP contribution is -2.42. The number of piperidine rings is 1. The Morgan fingerprint density at radius 3 is 2.65 bits per heavy atom. The minimum Gasteiger partial charge on any atom is -0.313 e. The number of rotatable bonds is 6. The van der Waals surface area contributed by atoms with Gasteiger partial charge in [-0.2, -0.15) is 0 Å². The molecule has 1 fully saturated rings. The quantitative estimate of drug-likeness (QED) is 0.842. The number of benzene rings is 1. The largest absolute Gasteiger partial charge is 0.313 e. The van der Waals surface area contributed by atoms with E-state index in [0.717, 1.165) is 37.8 Å². The second-order valence-corrected chi connectivity index (χ2v) is 7.22. The molecular weight excluding hydrogens is 272 g/mol. The summed E-state index contributed by atoms with van der Waals surface area (Å²) in [6, 6.07) is 8.07. The van der Waals surface area contributed by atoms with E-state index in [2.05, 4.69) is 17.0 Å². The molecule has 1 saturated heterocycles. The minimum atomic E-state index is -3.22. The highest BCUT2D eigenvalue weighted by atomic mass is 32.2. The Bertz CT molecular complexity index is 522. The Morgan fingerprint density at radius 2 is 2.00 bits per heavy atom. The Kier molecular flexibility index (Phi) is 5.57. The van der Waals surface area contributed by atoms with Crippen molar-refractivity contribution in [2.75, 3.05) is 12.3 Å². The second-order valence-electron chi connectivity index (χ2n) is 5.37. The monoisotopic (exact) mass is 296 g/mol. The van der Waals surface area contributed by atoms with Crippen LogP contribution in [0.3, 0.4) is 0 Å². The Balaban J connectivity index is 1.91. The lowest BCUT2D eigenvalue weighted by molar-refractivity contribution is 0.422. The number of nitrogens with one attached hydrogen (secondary N) is 2. The summed E-state index contributed by atoms with van der Waals surface area (Å²) in [6.07, 6.45) is 4.13. The number of sulfonamides is 1. The van der Waals surface area contributed by atoms with Gasteiger partial charge in [0, 0.05) is 12.6 Å². The zero-order chi connectivity index (χ0) is 14.4. The molecule has 4 nitrogen and oxygen atoms in total. The predicted molar refractivity (Wildman–Crippen MR) is 82.1 cm³/mol. The average Bonchev–Trinajstić information content (AvgIpc) is 2.46. The molecule has 0 aromatic heterocycles. The molecule has 2 N–H and O–H groups in total. The topological polar surface area (TPSA) is 58.2 Å². The van der Waals surface area contributed by atoms with Crippen LogP contribution in [0.15, 0.2) is 24.3 Å². The summed E-state index contributed by atoms with van der Waals surface area (Å²) in [5.41, 5.74) is 2.26. The van der Waals surface area contributed by atoms with Crippen LogP contribution in [0, 0.1) is 0 Å². The molecule has 5 heteroatoms. The van der Waals surface area contributed by atoms with Crippen LogP contribution in [0.4, 0.5) is 0 Å². The van der Waals surface area contributed by atoms with Crippen LogP contribution >= 0.6 is 0 Å². The second kappa shape index (κ2) is 7.20. The third-order valence-corrected chi connectivity index (χ3v) is 5.24. The molecule has 0 amide bonds. The van der Waals surface area contributed by atoms with Crippen LogP contribution in [0.5, 0.6) is 0 Å². The summed E-state index contributed by atoms with van der Waals surface area (Å²) in [5.74, 6) is 0.182. The highest BCUT2D eigenvalue weighted by Gasteiger charge is 2.20. The fraction of sp³-hybridized carbons (Fsp3) is 0.600. The molecule has 0 radical (unpaired) electrons. The number of hydrogen-bond acceptors (Lipinski definition) is 3. The highest BCUT2D eigenvalue weighted by molar-refractivity contribution is 7.89. The molecule has 1 unspecified atom stereocenters. The van der Waals surface area contributed by atoms with Crippen molar-refractivity contribution < 1.29 is 8.42 Å². The fourth-order valence-electron chi connectivity index (χ4n) is 2.65. The van der Waals surface area contributed by atoms with Gasteiger partial charge in [-0.15, -0.1) is 0 Å². The van der Waals surface area contributed by atoms with E-state index < -0.39 is 10.0 Å². The van der Waals surface area contributed by atoms with Gasteiger partial charge >= 0.3 is 0 Å². The van der Waals surface area contributed by atoms with Gasteiger partial charge in [0.2, 0.25) is 10.0 Å². The smallest absolute Gasteiger partial charge is 0.213 e. The van der Waals surface area contributed by atoms with Gasteiger partial charge in [0.05, 0.1) is 5.75 Å². The Hall–Kier alpha value is -0.910. The molecule has 1 aliphatic rings. The van der Waals surface area contributed by atoms with Gasteiger partial charge < -0.3 is 5.32 Å². The van der Waals surface area contributed by atoms with Gasteiger partial charge in [0.15, 0.2) is 0 Å². The first-order chi connectivity index (χ1) is 9.61. The maximum absolute atomic E-state index is 12.1. The van der Waals surface area contributed by atoms with Crippen LogP contribution in [0.1, 0.15) is 37.3 Å². The molecule has 112 valence electrons. The maximum Gasteiger partial charge on any atom is 0.213 e. The first-order valence-electron chi connectivity index (χ1n) is 7.38. The molecule has 0 bridgehead atoms. The van der Waals surface area contributed by atoms with Crippen molar-refractivity contribution in [2.45, 2.75) is 45.2 Å². The standard InChI is InChI=1S/C15H24N2O2S/c1-2-13-7-3-4-8-14(13)11-17-20(18,19)12-15-9-5-6-10-16-15/h3-4,7-8,15-17H,2,5-6,9-12H2,1H3. The first-order valence-corrected chi connectivity index (χ1v) is 9.03. The molecule has 0 spiro atoms. The van der Waals surface area contributed by atoms with Gasteiger partial charge in [-0.1, -0.05) is 37.6 Å². The molecule has 1 atom stereocenters. The minimum absolute atomic E-state index is 0.0997. The molecule has 0 aliphatic carbocycles. The van der Waals surface area contributed by atoms with Crippen LogP contribution in [-0.2, 0) is 23.0 Å². The average molecular weight is 296 g/mol. The van der Waals surface area contributed by atoms with Crippen LogP contribution in [0.25, 0.3) is 0 Å². The van der Waals surface area contributed by atoms with E-state index >= 15 is 0 Å². The molecule has 1 heterocycles. The van der Waals surface area contributed by atoms with Crippen LogP contribution < -0.4 is 10.0 Å². The van der Waals surface area contributed by atoms with Crippen LogP contribution in [0.2, 0.25) is 0 Å². The molecule has 20 heavy (non-hydrogen) atoms. The molecule has 1 aliphatic heterocycles. The van der Waals surface area contributed by atoms with Gasteiger partial charge in [0.1, 0.15) is 0 Å². The van der Waals surface area contributed by atoms with Crippen LogP contribution in [-0.4, -0.2) is 26.8 Å². The Morgan fingerprint density at radius 1 is 1.25 bits per heavy atom. The van der Waals surface area contributed by atoms with E-state index in [-0.39, 0.29) is 11.8 Å². The van der Waals surface area contributed by atoms with Gasteiger partial charge in [-0.05, 0) is 36.9 Å². The maximum atomic E-state index is 12.1. The highest BCUT2D eigenvalue weighted by Crippen LogP contribution is 2.11. The first kappa shape index (κ1) is 15.5. The van der Waals surface area contributed by atoms with E-state index in [1.165, 1.54) is 5.56 Å². The van der Waals surface area contributed by atoms with E-state index in [9.17, 15) is 8.42 Å². The number of aryl methyl sites for hydroxylation is 1. The lowest BCUT2D eigenvalue weighted by atomic mass is 10.1. The van der Waals surface area contributed by atoms with E-state index in [0.29, 0.717) is 6.54 Å². The van der Waals surface area contributed by atoms with Gasteiger partial charge in [0.25, 0.3) is 0 Å². The number of hydrogen-bond donors (Lipinski definition) is 2. The zero-order valence-corrected chi connectivity index (χ0v) is 12.9. The molecule has 0 saturated carbocycles. The van der Waals surface area contributed by atoms with E-state index in [1.54, 1.807) is 0 Å². The van der Waals surface area contributed by atoms with Crippen molar-refractivity contribution in [3.8, 4) is 0 Å². The summed E-state index contributed by atoms with van der Waals surface area (Å²) >= 11 is 0. The molecule has 2 rings (SSSR count). The van der Waals surface area contributed by atoms with Crippen molar-refractivity contribution in [3.05, 3.63) is 35.4 Å². The normalized spacial score (nSPS) is 19.9. The molecule has 1 aromatic rings. The predicted octanol–water partition coefficient (Wildman–Crippen LogP) is 1.81. The van der Waals surface area contributed by atoms with Crippen molar-refractivity contribution >= 4 is 10.0 Å². The van der Waals surface area contributed by atoms with Gasteiger partial charge in [-0.25, -0.2) is 13.1 Å². The summed E-state index contributed by atoms with van der Waals surface area (Å²) in [5, 5.41) is 3.28. The van der Waals surface area contributed by atoms with E-state index in [1.807, 2.05) is 24.3 Å². The summed E-state index contributed by atoms with van der Waals surface area (Å²) < 4.78 is 27.0. The van der Waals surface area contributed by atoms with E-state index in [4.69, 9.17) is 0 Å². The van der Waals surface area contributed by atoms with Crippen molar-refractivity contribution in [1.82, 2.24) is 10.0 Å². The molecular formula is C15H24N2O2S. The Labute approximate surface area is 122 Å². The van der Waals surface area contributed by atoms with Crippen molar-refractivity contribution in [1.29, 1.82) is 0 Å². The lowest BCUT2D eigenvalue weighted by Gasteiger charge is -2.23. The zero-order valence-electron chi connectivity index (χ0n) is 12.1. The SMILES string of the molecule is CCc1ccccc1CNS(=O)(=O)CC1CCCCN1. The summed E-state index contributed by atoms with van der Waals surface area (Å²) in [7, 11) is -3.22. The summed E-state index contributed by atoms with van der Waals surface area (Å²) in [6.45, 7) is 3.40. The third-order valence-electron chi connectivity index (χ3n) is 3.81. The third kappa shape index (κ3) is 4.58.